The van der Waals surface area contributed by atoms with Gasteiger partial charge < -0.3 is 0 Å². The lowest BCUT2D eigenvalue weighted by Crippen LogP contribution is -2.44. The number of rotatable bonds is 2. The normalized spacial score (nSPS) is 26.5. The zero-order valence-electron chi connectivity index (χ0n) is 8.53. The van der Waals surface area contributed by atoms with Gasteiger partial charge in [0.05, 0.1) is 0 Å². The van der Waals surface area contributed by atoms with E-state index in [1.165, 1.54) is 0 Å². The van der Waals surface area contributed by atoms with E-state index < -0.39 is 0 Å². The van der Waals surface area contributed by atoms with Gasteiger partial charge in [-0.25, -0.2) is 0 Å². The van der Waals surface area contributed by atoms with Crippen LogP contribution in [0.15, 0.2) is 17.5 Å². The largest absolute Gasteiger partial charge is 0.296 e. The monoisotopic (exact) mass is 223 g/mol. The maximum absolute atomic E-state index is 11.6. The van der Waals surface area contributed by atoms with Gasteiger partial charge in [-0.15, -0.1) is 11.3 Å². The summed E-state index contributed by atoms with van der Waals surface area (Å²) in [5.41, 5.74) is 0. The van der Waals surface area contributed by atoms with Crippen molar-refractivity contribution >= 4 is 23.2 Å². The van der Waals surface area contributed by atoms with Gasteiger partial charge >= 0.3 is 0 Å². The van der Waals surface area contributed by atoms with Crippen LogP contribution >= 0.6 is 11.3 Å². The number of imide groups is 1. The fraction of sp³-hybridized carbons (Fsp3) is 0.455. The predicted octanol–water partition coefficient (Wildman–Crippen LogP) is 1.90. The molecule has 1 fully saturated rings. The number of hydrogen-bond donors (Lipinski definition) is 1. The van der Waals surface area contributed by atoms with Crippen molar-refractivity contribution in [3.05, 3.63) is 22.4 Å². The Kier molecular flexibility index (Phi) is 2.86. The van der Waals surface area contributed by atoms with Gasteiger partial charge in [-0.2, -0.15) is 0 Å². The Hall–Kier alpha value is -1.16. The van der Waals surface area contributed by atoms with Crippen molar-refractivity contribution in [2.75, 3.05) is 0 Å². The standard InChI is InChI=1S/C11H13NO2S/c1-2-7-8(9-4-3-5-15-9)6-10(13)12-11(7)14/h3-5,7-8H,2,6H2,1H3,(H,12,13,14). The highest BCUT2D eigenvalue weighted by atomic mass is 32.1. The molecule has 0 aromatic carbocycles. The SMILES string of the molecule is CCC1C(=O)NC(=O)CC1c1cccs1. The van der Waals surface area contributed by atoms with Crippen molar-refractivity contribution in [3.63, 3.8) is 0 Å². The number of carbonyl (C=O) groups excluding carboxylic acids is 2. The molecule has 0 radical (unpaired) electrons. The predicted molar refractivity (Wildman–Crippen MR) is 58.6 cm³/mol. The summed E-state index contributed by atoms with van der Waals surface area (Å²) in [6.07, 6.45) is 1.21. The lowest BCUT2D eigenvalue weighted by atomic mass is 9.82. The van der Waals surface area contributed by atoms with Gasteiger partial charge in [0.1, 0.15) is 0 Å². The first-order valence-corrected chi connectivity index (χ1v) is 5.97. The number of hydrogen-bond acceptors (Lipinski definition) is 3. The summed E-state index contributed by atoms with van der Waals surface area (Å²) in [6, 6.07) is 3.97. The molecule has 2 amide bonds. The topological polar surface area (TPSA) is 46.2 Å². The molecule has 15 heavy (non-hydrogen) atoms. The van der Waals surface area contributed by atoms with E-state index >= 15 is 0 Å². The first kappa shape index (κ1) is 10.4. The molecule has 0 saturated carbocycles. The second kappa shape index (κ2) is 4.14. The molecule has 2 atom stereocenters. The molecule has 1 aliphatic heterocycles. The van der Waals surface area contributed by atoms with Crippen LogP contribution in [0.5, 0.6) is 0 Å². The van der Waals surface area contributed by atoms with Crippen molar-refractivity contribution in [2.24, 2.45) is 5.92 Å². The van der Waals surface area contributed by atoms with E-state index in [9.17, 15) is 9.59 Å². The van der Waals surface area contributed by atoms with Crippen LogP contribution in [0.3, 0.4) is 0 Å². The fourth-order valence-electron chi connectivity index (χ4n) is 2.08. The van der Waals surface area contributed by atoms with Crippen LogP contribution in [-0.2, 0) is 9.59 Å². The fourth-order valence-corrected chi connectivity index (χ4v) is 2.97. The molecule has 0 bridgehead atoms. The Balaban J connectivity index is 2.27. The van der Waals surface area contributed by atoms with E-state index in [0.29, 0.717) is 6.42 Å². The van der Waals surface area contributed by atoms with E-state index in [1.54, 1.807) is 11.3 Å². The molecular formula is C11H13NO2S. The van der Waals surface area contributed by atoms with Crippen molar-refractivity contribution in [1.82, 2.24) is 5.32 Å². The highest BCUT2D eigenvalue weighted by Crippen LogP contribution is 2.35. The van der Waals surface area contributed by atoms with Gasteiger partial charge in [0.25, 0.3) is 0 Å². The molecule has 0 spiro atoms. The van der Waals surface area contributed by atoms with Gasteiger partial charge in [0.2, 0.25) is 11.8 Å². The first-order chi connectivity index (χ1) is 7.22. The molecular weight excluding hydrogens is 210 g/mol. The third kappa shape index (κ3) is 1.95. The summed E-state index contributed by atoms with van der Waals surface area (Å²) in [5, 5.41) is 4.38. The van der Waals surface area contributed by atoms with E-state index in [0.717, 1.165) is 11.3 Å². The van der Waals surface area contributed by atoms with E-state index in [-0.39, 0.29) is 23.7 Å². The average Bonchev–Trinajstić information content (AvgIpc) is 2.69. The molecule has 1 aliphatic rings. The lowest BCUT2D eigenvalue weighted by molar-refractivity contribution is -0.137. The van der Waals surface area contributed by atoms with Crippen LogP contribution in [0.4, 0.5) is 0 Å². The maximum atomic E-state index is 11.6. The Morgan fingerprint density at radius 3 is 2.93 bits per heavy atom. The molecule has 4 heteroatoms. The summed E-state index contributed by atoms with van der Waals surface area (Å²) < 4.78 is 0. The molecule has 1 saturated heterocycles. The second-order valence-corrected chi connectivity index (χ2v) is 4.73. The number of piperidine rings is 1. The lowest BCUT2D eigenvalue weighted by Gasteiger charge is -2.28. The second-order valence-electron chi connectivity index (χ2n) is 3.75. The Labute approximate surface area is 92.5 Å². The molecule has 1 aromatic rings. The molecule has 2 rings (SSSR count). The third-order valence-corrected chi connectivity index (χ3v) is 3.84. The van der Waals surface area contributed by atoms with Crippen LogP contribution in [0, 0.1) is 5.92 Å². The van der Waals surface area contributed by atoms with Gasteiger partial charge in [-0.05, 0) is 17.9 Å². The molecule has 80 valence electrons. The van der Waals surface area contributed by atoms with E-state index in [2.05, 4.69) is 5.32 Å². The minimum Gasteiger partial charge on any atom is -0.296 e. The summed E-state index contributed by atoms with van der Waals surface area (Å²) in [5.74, 6) is -0.243. The van der Waals surface area contributed by atoms with Gasteiger partial charge in [0, 0.05) is 23.1 Å². The summed E-state index contributed by atoms with van der Waals surface area (Å²) in [4.78, 5) is 24.1. The Bertz CT molecular complexity index is 372. The smallest absolute Gasteiger partial charge is 0.230 e. The molecule has 1 aromatic heterocycles. The van der Waals surface area contributed by atoms with Crippen LogP contribution in [0.25, 0.3) is 0 Å². The van der Waals surface area contributed by atoms with Crippen LogP contribution in [-0.4, -0.2) is 11.8 Å². The van der Waals surface area contributed by atoms with Gasteiger partial charge in [-0.1, -0.05) is 13.0 Å². The van der Waals surface area contributed by atoms with Crippen molar-refractivity contribution in [1.29, 1.82) is 0 Å². The van der Waals surface area contributed by atoms with Gasteiger partial charge in [0.15, 0.2) is 0 Å². The zero-order chi connectivity index (χ0) is 10.8. The minimum atomic E-state index is -0.150. The molecule has 0 aliphatic carbocycles. The zero-order valence-corrected chi connectivity index (χ0v) is 9.34. The van der Waals surface area contributed by atoms with Crippen molar-refractivity contribution < 1.29 is 9.59 Å². The summed E-state index contributed by atoms with van der Waals surface area (Å²) in [6.45, 7) is 1.99. The van der Waals surface area contributed by atoms with Crippen LogP contribution in [0.2, 0.25) is 0 Å². The minimum absolute atomic E-state index is 0.0543. The van der Waals surface area contributed by atoms with E-state index in [4.69, 9.17) is 0 Å². The van der Waals surface area contributed by atoms with Crippen molar-refractivity contribution in [3.8, 4) is 0 Å². The average molecular weight is 223 g/mol. The Morgan fingerprint density at radius 2 is 2.33 bits per heavy atom. The van der Waals surface area contributed by atoms with Gasteiger partial charge in [-0.3, -0.25) is 14.9 Å². The highest BCUT2D eigenvalue weighted by molar-refractivity contribution is 7.10. The molecule has 1 N–H and O–H groups in total. The third-order valence-electron chi connectivity index (χ3n) is 2.84. The van der Waals surface area contributed by atoms with Crippen molar-refractivity contribution in [2.45, 2.75) is 25.7 Å². The molecule has 3 nitrogen and oxygen atoms in total. The Morgan fingerprint density at radius 1 is 1.53 bits per heavy atom. The number of amides is 2. The summed E-state index contributed by atoms with van der Waals surface area (Å²) >= 11 is 1.62. The quantitative estimate of drug-likeness (QED) is 0.778. The van der Waals surface area contributed by atoms with E-state index in [1.807, 2.05) is 24.4 Å². The number of nitrogens with one attached hydrogen (secondary N) is 1. The molecule has 2 heterocycles. The highest BCUT2D eigenvalue weighted by Gasteiger charge is 2.35. The first-order valence-electron chi connectivity index (χ1n) is 5.09. The number of thiophene rings is 1. The van der Waals surface area contributed by atoms with Crippen LogP contribution < -0.4 is 5.32 Å². The van der Waals surface area contributed by atoms with Crippen LogP contribution in [0.1, 0.15) is 30.6 Å². The number of carbonyl (C=O) groups is 2. The maximum Gasteiger partial charge on any atom is 0.230 e. The molecule has 2 unspecified atom stereocenters. The summed E-state index contributed by atoms with van der Waals surface area (Å²) in [7, 11) is 0.